The second-order valence-corrected chi connectivity index (χ2v) is 5.49. The number of benzene rings is 1. The Morgan fingerprint density at radius 3 is 2.89 bits per heavy atom. The lowest BCUT2D eigenvalue weighted by atomic mass is 9.88. The maximum atomic E-state index is 14.1. The molecule has 0 heterocycles. The third-order valence-electron chi connectivity index (χ3n) is 4.13. The SMILES string of the molecule is CCC1CCC(N)(Cc2cccc(OC)c2F)C1. The first-order valence-electron chi connectivity index (χ1n) is 6.68. The fourth-order valence-electron chi connectivity index (χ4n) is 3.01. The molecule has 2 N–H and O–H groups in total. The van der Waals surface area contributed by atoms with Crippen molar-refractivity contribution >= 4 is 0 Å². The van der Waals surface area contributed by atoms with Crippen LogP contribution in [0.4, 0.5) is 4.39 Å². The molecule has 2 rings (SSSR count). The summed E-state index contributed by atoms with van der Waals surface area (Å²) in [5.41, 5.74) is 6.84. The molecule has 1 aliphatic rings. The molecule has 0 spiro atoms. The van der Waals surface area contributed by atoms with Gasteiger partial charge in [-0.05, 0) is 43.2 Å². The largest absolute Gasteiger partial charge is 0.494 e. The van der Waals surface area contributed by atoms with Gasteiger partial charge in [0.15, 0.2) is 11.6 Å². The van der Waals surface area contributed by atoms with Gasteiger partial charge in [0.2, 0.25) is 0 Å². The van der Waals surface area contributed by atoms with Crippen molar-refractivity contribution in [1.82, 2.24) is 0 Å². The van der Waals surface area contributed by atoms with Crippen LogP contribution in [-0.2, 0) is 6.42 Å². The van der Waals surface area contributed by atoms with Gasteiger partial charge in [-0.25, -0.2) is 4.39 Å². The van der Waals surface area contributed by atoms with Crippen LogP contribution < -0.4 is 10.5 Å². The van der Waals surface area contributed by atoms with Gasteiger partial charge in [-0.2, -0.15) is 0 Å². The molecule has 1 fully saturated rings. The van der Waals surface area contributed by atoms with Crippen LogP contribution >= 0.6 is 0 Å². The average Bonchev–Trinajstić information content (AvgIpc) is 2.74. The minimum atomic E-state index is -0.259. The lowest BCUT2D eigenvalue weighted by Crippen LogP contribution is -2.39. The van der Waals surface area contributed by atoms with E-state index in [2.05, 4.69) is 6.92 Å². The zero-order valence-corrected chi connectivity index (χ0v) is 11.2. The summed E-state index contributed by atoms with van der Waals surface area (Å²) in [5.74, 6) is 0.745. The topological polar surface area (TPSA) is 35.2 Å². The molecule has 0 amide bonds. The number of hydrogen-bond donors (Lipinski definition) is 1. The Morgan fingerprint density at radius 2 is 2.28 bits per heavy atom. The summed E-state index contributed by atoms with van der Waals surface area (Å²) in [6, 6.07) is 5.28. The van der Waals surface area contributed by atoms with Crippen molar-refractivity contribution in [2.45, 2.75) is 44.6 Å². The Morgan fingerprint density at radius 1 is 1.50 bits per heavy atom. The first-order chi connectivity index (χ1) is 8.58. The molecule has 3 heteroatoms. The standard InChI is InChI=1S/C15H22FNO/c1-3-11-7-8-15(17,9-11)10-12-5-4-6-13(18-2)14(12)16/h4-6,11H,3,7-10,17H2,1-2H3. The summed E-state index contributed by atoms with van der Waals surface area (Å²) in [5, 5.41) is 0. The van der Waals surface area contributed by atoms with Crippen LogP contribution in [0.2, 0.25) is 0 Å². The number of methoxy groups -OCH3 is 1. The first kappa shape index (κ1) is 13.3. The van der Waals surface area contributed by atoms with Crippen LogP contribution in [0, 0.1) is 11.7 Å². The van der Waals surface area contributed by atoms with Gasteiger partial charge in [0.05, 0.1) is 7.11 Å². The molecule has 18 heavy (non-hydrogen) atoms. The molecule has 100 valence electrons. The van der Waals surface area contributed by atoms with Gasteiger partial charge in [-0.15, -0.1) is 0 Å². The van der Waals surface area contributed by atoms with Gasteiger partial charge in [-0.3, -0.25) is 0 Å². The fourth-order valence-corrected chi connectivity index (χ4v) is 3.01. The van der Waals surface area contributed by atoms with Crippen LogP contribution in [-0.4, -0.2) is 12.6 Å². The van der Waals surface area contributed by atoms with Crippen molar-refractivity contribution in [2.24, 2.45) is 11.7 Å². The molecule has 0 saturated heterocycles. The molecule has 1 saturated carbocycles. The highest BCUT2D eigenvalue weighted by molar-refractivity contribution is 5.32. The number of ether oxygens (including phenoxy) is 1. The Labute approximate surface area is 108 Å². The number of rotatable bonds is 4. The third-order valence-corrected chi connectivity index (χ3v) is 4.13. The zero-order valence-electron chi connectivity index (χ0n) is 11.2. The first-order valence-corrected chi connectivity index (χ1v) is 6.68. The van der Waals surface area contributed by atoms with E-state index in [0.29, 0.717) is 23.7 Å². The lowest BCUT2D eigenvalue weighted by molar-refractivity contribution is 0.372. The summed E-state index contributed by atoms with van der Waals surface area (Å²) < 4.78 is 19.1. The summed E-state index contributed by atoms with van der Waals surface area (Å²) in [4.78, 5) is 0. The van der Waals surface area contributed by atoms with E-state index in [1.165, 1.54) is 20.0 Å². The molecule has 0 radical (unpaired) electrons. The van der Waals surface area contributed by atoms with E-state index in [-0.39, 0.29) is 11.4 Å². The Hall–Kier alpha value is -1.09. The highest BCUT2D eigenvalue weighted by atomic mass is 19.1. The summed E-state index contributed by atoms with van der Waals surface area (Å²) in [6.45, 7) is 2.20. The normalized spacial score (nSPS) is 27.4. The monoisotopic (exact) mass is 251 g/mol. The molecule has 0 aliphatic heterocycles. The molecule has 2 nitrogen and oxygen atoms in total. The van der Waals surface area contributed by atoms with Gasteiger partial charge >= 0.3 is 0 Å². The van der Waals surface area contributed by atoms with E-state index in [1.807, 2.05) is 12.1 Å². The van der Waals surface area contributed by atoms with Crippen LogP contribution in [0.25, 0.3) is 0 Å². The van der Waals surface area contributed by atoms with E-state index in [0.717, 1.165) is 12.8 Å². The van der Waals surface area contributed by atoms with Crippen molar-refractivity contribution in [2.75, 3.05) is 7.11 Å². The van der Waals surface area contributed by atoms with E-state index in [1.54, 1.807) is 6.07 Å². The number of hydrogen-bond acceptors (Lipinski definition) is 2. The summed E-state index contributed by atoms with van der Waals surface area (Å²) >= 11 is 0. The highest BCUT2D eigenvalue weighted by Crippen LogP contribution is 2.37. The second kappa shape index (κ2) is 5.27. The van der Waals surface area contributed by atoms with E-state index >= 15 is 0 Å². The van der Waals surface area contributed by atoms with Crippen molar-refractivity contribution in [1.29, 1.82) is 0 Å². The Bertz CT molecular complexity index is 421. The summed E-state index contributed by atoms with van der Waals surface area (Å²) in [7, 11) is 1.49. The fraction of sp³-hybridized carbons (Fsp3) is 0.600. The van der Waals surface area contributed by atoms with Crippen LogP contribution in [0.15, 0.2) is 18.2 Å². The van der Waals surface area contributed by atoms with Crippen molar-refractivity contribution < 1.29 is 9.13 Å². The summed E-state index contributed by atoms with van der Waals surface area (Å²) in [6.07, 6.45) is 4.92. The Balaban J connectivity index is 2.14. The van der Waals surface area contributed by atoms with Crippen LogP contribution in [0.1, 0.15) is 38.2 Å². The molecular formula is C15H22FNO. The number of halogens is 1. The van der Waals surface area contributed by atoms with Gasteiger partial charge < -0.3 is 10.5 Å². The number of nitrogens with two attached hydrogens (primary N) is 1. The van der Waals surface area contributed by atoms with Gasteiger partial charge in [-0.1, -0.05) is 25.5 Å². The molecular weight excluding hydrogens is 229 g/mol. The molecule has 1 aliphatic carbocycles. The Kier molecular flexibility index (Phi) is 3.91. The minimum Gasteiger partial charge on any atom is -0.494 e. The molecule has 0 bridgehead atoms. The molecule has 2 unspecified atom stereocenters. The molecule has 0 aromatic heterocycles. The van der Waals surface area contributed by atoms with Crippen molar-refractivity contribution in [3.05, 3.63) is 29.6 Å². The van der Waals surface area contributed by atoms with E-state index < -0.39 is 0 Å². The third kappa shape index (κ3) is 2.66. The molecule has 2 atom stereocenters. The maximum absolute atomic E-state index is 14.1. The molecule has 1 aromatic carbocycles. The van der Waals surface area contributed by atoms with E-state index in [4.69, 9.17) is 10.5 Å². The highest BCUT2D eigenvalue weighted by Gasteiger charge is 2.35. The molecule has 1 aromatic rings. The second-order valence-electron chi connectivity index (χ2n) is 5.49. The van der Waals surface area contributed by atoms with Crippen molar-refractivity contribution in [3.8, 4) is 5.75 Å². The smallest absolute Gasteiger partial charge is 0.168 e. The van der Waals surface area contributed by atoms with E-state index in [9.17, 15) is 4.39 Å². The predicted molar refractivity (Wildman–Crippen MR) is 71.2 cm³/mol. The minimum absolute atomic E-state index is 0.242. The maximum Gasteiger partial charge on any atom is 0.168 e. The van der Waals surface area contributed by atoms with Crippen LogP contribution in [0.3, 0.4) is 0 Å². The predicted octanol–water partition coefficient (Wildman–Crippen LogP) is 3.28. The average molecular weight is 251 g/mol. The van der Waals surface area contributed by atoms with Gasteiger partial charge in [0, 0.05) is 5.54 Å². The van der Waals surface area contributed by atoms with Gasteiger partial charge in [0.25, 0.3) is 0 Å². The lowest BCUT2D eigenvalue weighted by Gasteiger charge is -2.25. The quantitative estimate of drug-likeness (QED) is 0.891. The zero-order chi connectivity index (χ0) is 13.2. The van der Waals surface area contributed by atoms with Gasteiger partial charge in [0.1, 0.15) is 0 Å². The van der Waals surface area contributed by atoms with Crippen LogP contribution in [0.5, 0.6) is 5.75 Å². The van der Waals surface area contributed by atoms with Crippen molar-refractivity contribution in [3.63, 3.8) is 0 Å².